The van der Waals surface area contributed by atoms with Gasteiger partial charge in [-0.3, -0.25) is 4.79 Å². The Balaban J connectivity index is 2.41. The summed E-state index contributed by atoms with van der Waals surface area (Å²) in [5.74, 6) is -0.562. The minimum Gasteiger partial charge on any atom is -0.354 e. The molecule has 0 fully saturated rings. The third-order valence-electron chi connectivity index (χ3n) is 3.26. The highest BCUT2D eigenvalue weighted by Gasteiger charge is 2.21. The highest BCUT2D eigenvalue weighted by molar-refractivity contribution is 7.89. The van der Waals surface area contributed by atoms with Crippen LogP contribution in [-0.2, 0) is 14.8 Å². The van der Waals surface area contributed by atoms with Crippen LogP contribution in [0.15, 0.2) is 30.3 Å². The highest BCUT2D eigenvalue weighted by Crippen LogP contribution is 2.18. The van der Waals surface area contributed by atoms with Crippen LogP contribution in [0.2, 0.25) is 0 Å². The van der Waals surface area contributed by atoms with Crippen molar-refractivity contribution >= 4 is 15.9 Å². The van der Waals surface area contributed by atoms with E-state index in [2.05, 4.69) is 10.0 Å². The predicted molar refractivity (Wildman–Crippen MR) is 83.0 cm³/mol. The second kappa shape index (κ2) is 8.11. The molecule has 7 heteroatoms. The molecule has 2 atom stereocenters. The molecule has 1 aromatic carbocycles. The van der Waals surface area contributed by atoms with Gasteiger partial charge < -0.3 is 11.1 Å². The molecule has 2 unspecified atom stereocenters. The molecule has 1 amide bonds. The Kier molecular flexibility index (Phi) is 6.80. The van der Waals surface area contributed by atoms with E-state index in [4.69, 9.17) is 5.73 Å². The summed E-state index contributed by atoms with van der Waals surface area (Å²) in [6.45, 7) is 3.73. The molecule has 0 aromatic heterocycles. The van der Waals surface area contributed by atoms with Gasteiger partial charge in [-0.25, -0.2) is 13.1 Å². The molecule has 4 N–H and O–H groups in total. The number of hydrogen-bond acceptors (Lipinski definition) is 4. The number of sulfonamides is 1. The second-order valence-corrected chi connectivity index (χ2v) is 6.91. The van der Waals surface area contributed by atoms with Gasteiger partial charge in [0.25, 0.3) is 0 Å². The van der Waals surface area contributed by atoms with Crippen LogP contribution in [-0.4, -0.2) is 33.2 Å². The van der Waals surface area contributed by atoms with Crippen LogP contribution in [0.3, 0.4) is 0 Å². The first-order chi connectivity index (χ1) is 9.87. The summed E-state index contributed by atoms with van der Waals surface area (Å²) in [4.78, 5) is 12.0. The third-order valence-corrected chi connectivity index (χ3v) is 4.67. The first-order valence-electron chi connectivity index (χ1n) is 6.93. The standard InChI is InChI=1S/C14H23N3O3S/c1-3-21(19,20)17-10-9-16-14(18)11(2)13(15)12-7-5-4-6-8-12/h4-8,11,13,17H,3,9-10,15H2,1-2H3,(H,16,18). The zero-order chi connectivity index (χ0) is 15.9. The number of hydrogen-bond donors (Lipinski definition) is 3. The van der Waals surface area contributed by atoms with Gasteiger partial charge in [0.15, 0.2) is 0 Å². The van der Waals surface area contributed by atoms with Gasteiger partial charge in [-0.05, 0) is 12.5 Å². The van der Waals surface area contributed by atoms with E-state index in [1.54, 1.807) is 13.8 Å². The first kappa shape index (κ1) is 17.6. The topological polar surface area (TPSA) is 101 Å². The summed E-state index contributed by atoms with van der Waals surface area (Å²) >= 11 is 0. The number of nitrogens with two attached hydrogens (primary N) is 1. The van der Waals surface area contributed by atoms with Gasteiger partial charge in [0, 0.05) is 19.1 Å². The Morgan fingerprint density at radius 2 is 1.86 bits per heavy atom. The zero-order valence-corrected chi connectivity index (χ0v) is 13.2. The molecule has 0 saturated carbocycles. The van der Waals surface area contributed by atoms with Gasteiger partial charge in [-0.2, -0.15) is 0 Å². The highest BCUT2D eigenvalue weighted by atomic mass is 32.2. The van der Waals surface area contributed by atoms with Gasteiger partial charge in [0.2, 0.25) is 15.9 Å². The van der Waals surface area contributed by atoms with Crippen molar-refractivity contribution in [1.29, 1.82) is 0 Å². The molecule has 0 aliphatic rings. The van der Waals surface area contributed by atoms with Crippen LogP contribution in [0.5, 0.6) is 0 Å². The Hall–Kier alpha value is -1.44. The molecule has 0 spiro atoms. The number of carbonyl (C=O) groups is 1. The second-order valence-electron chi connectivity index (χ2n) is 4.81. The largest absolute Gasteiger partial charge is 0.354 e. The van der Waals surface area contributed by atoms with Crippen LogP contribution in [0.1, 0.15) is 25.5 Å². The summed E-state index contributed by atoms with van der Waals surface area (Å²) < 4.78 is 24.8. The van der Waals surface area contributed by atoms with E-state index in [-0.39, 0.29) is 24.7 Å². The molecule has 0 heterocycles. The minimum atomic E-state index is -3.22. The van der Waals surface area contributed by atoms with Crippen molar-refractivity contribution in [2.45, 2.75) is 19.9 Å². The molecule has 0 aliphatic heterocycles. The van der Waals surface area contributed by atoms with Crippen molar-refractivity contribution in [2.24, 2.45) is 11.7 Å². The lowest BCUT2D eigenvalue weighted by molar-refractivity contribution is -0.125. The fourth-order valence-corrected chi connectivity index (χ4v) is 2.40. The first-order valence-corrected chi connectivity index (χ1v) is 8.58. The van der Waals surface area contributed by atoms with Crippen LogP contribution in [0.4, 0.5) is 0 Å². The van der Waals surface area contributed by atoms with Gasteiger partial charge in [-0.15, -0.1) is 0 Å². The molecule has 118 valence electrons. The SMILES string of the molecule is CCS(=O)(=O)NCCNC(=O)C(C)C(N)c1ccccc1. The van der Waals surface area contributed by atoms with Crippen molar-refractivity contribution in [3.05, 3.63) is 35.9 Å². The summed E-state index contributed by atoms with van der Waals surface area (Å²) in [5.41, 5.74) is 6.96. The normalized spacial score (nSPS) is 14.4. The number of rotatable bonds is 8. The maximum absolute atomic E-state index is 12.0. The Morgan fingerprint density at radius 3 is 2.43 bits per heavy atom. The summed E-state index contributed by atoms with van der Waals surface area (Å²) in [5, 5.41) is 2.68. The van der Waals surface area contributed by atoms with Crippen LogP contribution in [0.25, 0.3) is 0 Å². The number of benzene rings is 1. The van der Waals surface area contributed by atoms with E-state index in [0.717, 1.165) is 5.56 Å². The Bertz CT molecular complexity index is 546. The van der Waals surface area contributed by atoms with Gasteiger partial charge in [0.1, 0.15) is 0 Å². The lowest BCUT2D eigenvalue weighted by Crippen LogP contribution is -2.40. The molecule has 1 aromatic rings. The van der Waals surface area contributed by atoms with Gasteiger partial charge in [-0.1, -0.05) is 37.3 Å². The quantitative estimate of drug-likeness (QED) is 0.604. The van der Waals surface area contributed by atoms with Crippen molar-refractivity contribution in [3.63, 3.8) is 0 Å². The van der Waals surface area contributed by atoms with E-state index in [0.29, 0.717) is 0 Å². The molecule has 21 heavy (non-hydrogen) atoms. The van der Waals surface area contributed by atoms with Gasteiger partial charge in [0.05, 0.1) is 11.7 Å². The molecular formula is C14H23N3O3S. The average molecular weight is 313 g/mol. The van der Waals surface area contributed by atoms with Crippen LogP contribution < -0.4 is 15.8 Å². The third kappa shape index (κ3) is 5.82. The van der Waals surface area contributed by atoms with E-state index >= 15 is 0 Å². The number of amides is 1. The monoisotopic (exact) mass is 313 g/mol. The van der Waals surface area contributed by atoms with E-state index < -0.39 is 22.0 Å². The smallest absolute Gasteiger partial charge is 0.224 e. The lowest BCUT2D eigenvalue weighted by atomic mass is 9.95. The molecule has 6 nitrogen and oxygen atoms in total. The van der Waals surface area contributed by atoms with Crippen molar-refractivity contribution in [1.82, 2.24) is 10.0 Å². The predicted octanol–water partition coefficient (Wildman–Crippen LogP) is 0.378. The molecule has 0 aliphatic carbocycles. The Labute approximate surface area is 126 Å². The van der Waals surface area contributed by atoms with Crippen molar-refractivity contribution in [2.75, 3.05) is 18.8 Å². The molecule has 1 rings (SSSR count). The zero-order valence-electron chi connectivity index (χ0n) is 12.4. The molecule has 0 radical (unpaired) electrons. The fraction of sp³-hybridized carbons (Fsp3) is 0.500. The van der Waals surface area contributed by atoms with Crippen LogP contribution >= 0.6 is 0 Å². The number of nitrogens with one attached hydrogen (secondary N) is 2. The Morgan fingerprint density at radius 1 is 1.24 bits per heavy atom. The lowest BCUT2D eigenvalue weighted by Gasteiger charge is -2.19. The number of carbonyl (C=O) groups excluding carboxylic acids is 1. The maximum Gasteiger partial charge on any atom is 0.224 e. The van der Waals surface area contributed by atoms with Crippen LogP contribution in [0, 0.1) is 5.92 Å². The molecular weight excluding hydrogens is 290 g/mol. The summed E-state index contributed by atoms with van der Waals surface area (Å²) in [6.07, 6.45) is 0. The molecule has 0 saturated heterocycles. The average Bonchev–Trinajstić information content (AvgIpc) is 2.50. The van der Waals surface area contributed by atoms with Gasteiger partial charge >= 0.3 is 0 Å². The molecule has 0 bridgehead atoms. The minimum absolute atomic E-state index is 0.0240. The van der Waals surface area contributed by atoms with E-state index in [1.165, 1.54) is 0 Å². The van der Waals surface area contributed by atoms with Crippen molar-refractivity contribution < 1.29 is 13.2 Å². The maximum atomic E-state index is 12.0. The summed E-state index contributed by atoms with van der Waals surface area (Å²) in [7, 11) is -3.22. The fourth-order valence-electron chi connectivity index (χ4n) is 1.78. The van der Waals surface area contributed by atoms with E-state index in [1.807, 2.05) is 30.3 Å². The van der Waals surface area contributed by atoms with E-state index in [9.17, 15) is 13.2 Å². The van der Waals surface area contributed by atoms with Crippen molar-refractivity contribution in [3.8, 4) is 0 Å². The summed E-state index contributed by atoms with van der Waals surface area (Å²) in [6, 6.07) is 9.01.